The van der Waals surface area contributed by atoms with Crippen LogP contribution in [0.15, 0.2) is 18.2 Å². The van der Waals surface area contributed by atoms with E-state index in [1.165, 1.54) is 12.1 Å². The molecule has 0 radical (unpaired) electrons. The minimum absolute atomic E-state index is 0.00792. The van der Waals surface area contributed by atoms with Gasteiger partial charge in [0.15, 0.2) is 0 Å². The van der Waals surface area contributed by atoms with Gasteiger partial charge in [0.25, 0.3) is 0 Å². The molecule has 2 atom stereocenters. The number of carbonyl (C=O) groups is 2. The number of carboxylic acids is 1. The summed E-state index contributed by atoms with van der Waals surface area (Å²) in [5.74, 6) is -1.08. The van der Waals surface area contributed by atoms with Crippen molar-refractivity contribution in [2.75, 3.05) is 5.32 Å². The number of phenols is 1. The number of amides is 1. The number of phenolic OH excluding ortho intramolecular Hbond substituents is 1. The maximum atomic E-state index is 11.6. The van der Waals surface area contributed by atoms with E-state index in [1.807, 2.05) is 6.92 Å². The molecule has 1 aliphatic carbocycles. The summed E-state index contributed by atoms with van der Waals surface area (Å²) in [6.07, 6.45) is 0.861. The van der Waals surface area contributed by atoms with Crippen molar-refractivity contribution in [3.8, 4) is 5.75 Å². The number of benzene rings is 1. The molecule has 90 valence electrons. The fourth-order valence-corrected chi connectivity index (χ4v) is 1.68. The van der Waals surface area contributed by atoms with Crippen molar-refractivity contribution in [1.29, 1.82) is 0 Å². The molecule has 0 bridgehead atoms. The summed E-state index contributed by atoms with van der Waals surface area (Å²) in [6.45, 7) is 1.98. The van der Waals surface area contributed by atoms with Crippen LogP contribution in [0.1, 0.15) is 23.7 Å². The Morgan fingerprint density at radius 1 is 1.41 bits per heavy atom. The Morgan fingerprint density at radius 3 is 2.53 bits per heavy atom. The molecular weight excluding hydrogens is 222 g/mol. The van der Waals surface area contributed by atoms with Gasteiger partial charge in [-0.25, -0.2) is 4.79 Å². The zero-order valence-corrected chi connectivity index (χ0v) is 9.30. The minimum Gasteiger partial charge on any atom is -0.506 e. The van der Waals surface area contributed by atoms with E-state index in [2.05, 4.69) is 5.32 Å². The molecule has 0 saturated heterocycles. The Hall–Kier alpha value is -2.04. The standard InChI is InChI=1S/C12H13NO4/c1-6-4-8(6)11(15)13-9-3-2-7(12(16)17)5-10(9)14/h2-3,5-6,8,14H,4H2,1H3,(H,13,15)(H,16,17). The number of rotatable bonds is 3. The van der Waals surface area contributed by atoms with Crippen molar-refractivity contribution in [2.24, 2.45) is 11.8 Å². The summed E-state index contributed by atoms with van der Waals surface area (Å²) in [5.41, 5.74) is 0.236. The van der Waals surface area contributed by atoms with Gasteiger partial charge in [-0.1, -0.05) is 6.92 Å². The topological polar surface area (TPSA) is 86.6 Å². The SMILES string of the molecule is CC1CC1C(=O)Nc1ccc(C(=O)O)cc1O. The zero-order chi connectivity index (χ0) is 12.6. The number of hydrogen-bond donors (Lipinski definition) is 3. The predicted molar refractivity (Wildman–Crippen MR) is 61.0 cm³/mol. The maximum absolute atomic E-state index is 11.6. The summed E-state index contributed by atoms with van der Waals surface area (Å²) in [4.78, 5) is 22.3. The van der Waals surface area contributed by atoms with Crippen LogP contribution in [0.4, 0.5) is 5.69 Å². The molecule has 5 heteroatoms. The third-order valence-electron chi connectivity index (χ3n) is 2.95. The average molecular weight is 235 g/mol. The highest BCUT2D eigenvalue weighted by atomic mass is 16.4. The van der Waals surface area contributed by atoms with Crippen molar-refractivity contribution in [1.82, 2.24) is 0 Å². The second kappa shape index (κ2) is 4.08. The van der Waals surface area contributed by atoms with Crippen LogP contribution in [0.3, 0.4) is 0 Å². The van der Waals surface area contributed by atoms with Gasteiger partial charge < -0.3 is 15.5 Å². The Morgan fingerprint density at radius 2 is 2.06 bits per heavy atom. The molecule has 3 N–H and O–H groups in total. The van der Waals surface area contributed by atoms with E-state index in [-0.39, 0.29) is 28.8 Å². The Labute approximate surface area is 98.1 Å². The van der Waals surface area contributed by atoms with E-state index in [1.54, 1.807) is 0 Å². The van der Waals surface area contributed by atoms with Gasteiger partial charge in [0.05, 0.1) is 11.3 Å². The molecule has 0 spiro atoms. The Kier molecular flexibility index (Phi) is 2.75. The normalized spacial score (nSPS) is 21.9. The number of carboxylic acid groups (broad SMARTS) is 1. The van der Waals surface area contributed by atoms with Gasteiger partial charge in [0.1, 0.15) is 5.75 Å². The first-order valence-electron chi connectivity index (χ1n) is 5.36. The van der Waals surface area contributed by atoms with Crippen LogP contribution in [-0.2, 0) is 4.79 Å². The molecule has 1 aliphatic rings. The highest BCUT2D eigenvalue weighted by Crippen LogP contribution is 2.39. The maximum Gasteiger partial charge on any atom is 0.335 e. The van der Waals surface area contributed by atoms with Crippen molar-refractivity contribution < 1.29 is 19.8 Å². The molecule has 2 unspecified atom stereocenters. The molecule has 1 aromatic rings. The number of hydrogen-bond acceptors (Lipinski definition) is 3. The third kappa shape index (κ3) is 2.38. The summed E-state index contributed by atoms with van der Waals surface area (Å²) in [5, 5.41) is 20.9. The average Bonchev–Trinajstić information content (AvgIpc) is 2.98. The first-order valence-corrected chi connectivity index (χ1v) is 5.36. The van der Waals surface area contributed by atoms with E-state index in [4.69, 9.17) is 5.11 Å². The van der Waals surface area contributed by atoms with Crippen LogP contribution in [0, 0.1) is 11.8 Å². The van der Waals surface area contributed by atoms with Crippen molar-refractivity contribution in [3.05, 3.63) is 23.8 Å². The molecular formula is C12H13NO4. The lowest BCUT2D eigenvalue weighted by atomic mass is 10.2. The molecule has 0 heterocycles. The van der Waals surface area contributed by atoms with E-state index < -0.39 is 5.97 Å². The number of aromatic hydroxyl groups is 1. The van der Waals surface area contributed by atoms with Gasteiger partial charge in [-0.05, 0) is 30.5 Å². The predicted octanol–water partition coefficient (Wildman–Crippen LogP) is 1.68. The van der Waals surface area contributed by atoms with Gasteiger partial charge in [0.2, 0.25) is 5.91 Å². The van der Waals surface area contributed by atoms with Crippen LogP contribution < -0.4 is 5.32 Å². The molecule has 0 aliphatic heterocycles. The van der Waals surface area contributed by atoms with Gasteiger partial charge in [-0.3, -0.25) is 4.79 Å². The molecule has 1 aromatic carbocycles. The molecule has 5 nitrogen and oxygen atoms in total. The lowest BCUT2D eigenvalue weighted by molar-refractivity contribution is -0.117. The Bertz CT molecular complexity index is 483. The van der Waals surface area contributed by atoms with Crippen molar-refractivity contribution >= 4 is 17.6 Å². The van der Waals surface area contributed by atoms with Gasteiger partial charge in [-0.15, -0.1) is 0 Å². The fraction of sp³-hybridized carbons (Fsp3) is 0.333. The lowest BCUT2D eigenvalue weighted by Crippen LogP contribution is -2.14. The van der Waals surface area contributed by atoms with Crippen molar-refractivity contribution in [3.63, 3.8) is 0 Å². The molecule has 1 fully saturated rings. The fourth-order valence-electron chi connectivity index (χ4n) is 1.68. The molecule has 0 aromatic heterocycles. The molecule has 1 amide bonds. The smallest absolute Gasteiger partial charge is 0.335 e. The first kappa shape index (κ1) is 11.4. The first-order chi connectivity index (χ1) is 7.99. The number of nitrogens with one attached hydrogen (secondary N) is 1. The summed E-state index contributed by atoms with van der Waals surface area (Å²) in [7, 11) is 0. The summed E-state index contributed by atoms with van der Waals surface area (Å²) in [6, 6.07) is 3.85. The second-order valence-corrected chi connectivity index (χ2v) is 4.35. The minimum atomic E-state index is -1.12. The molecule has 1 saturated carbocycles. The van der Waals surface area contributed by atoms with Crippen LogP contribution in [0.25, 0.3) is 0 Å². The van der Waals surface area contributed by atoms with Gasteiger partial charge in [-0.2, -0.15) is 0 Å². The summed E-state index contributed by atoms with van der Waals surface area (Å²) >= 11 is 0. The van der Waals surface area contributed by atoms with Gasteiger partial charge in [0, 0.05) is 5.92 Å². The van der Waals surface area contributed by atoms with E-state index in [9.17, 15) is 14.7 Å². The highest BCUT2D eigenvalue weighted by Gasteiger charge is 2.39. The zero-order valence-electron chi connectivity index (χ0n) is 9.30. The number of aromatic carboxylic acids is 1. The van der Waals surface area contributed by atoms with E-state index in [0.717, 1.165) is 12.5 Å². The quantitative estimate of drug-likeness (QED) is 0.696. The summed E-state index contributed by atoms with van der Waals surface area (Å²) < 4.78 is 0. The third-order valence-corrected chi connectivity index (χ3v) is 2.95. The molecule has 2 rings (SSSR count). The highest BCUT2D eigenvalue weighted by molar-refractivity contribution is 5.96. The van der Waals surface area contributed by atoms with E-state index in [0.29, 0.717) is 5.92 Å². The largest absolute Gasteiger partial charge is 0.506 e. The van der Waals surface area contributed by atoms with Crippen molar-refractivity contribution in [2.45, 2.75) is 13.3 Å². The van der Waals surface area contributed by atoms with Crippen LogP contribution in [0.2, 0.25) is 0 Å². The van der Waals surface area contributed by atoms with Crippen LogP contribution >= 0.6 is 0 Å². The van der Waals surface area contributed by atoms with Gasteiger partial charge >= 0.3 is 5.97 Å². The van der Waals surface area contributed by atoms with Crippen LogP contribution in [0.5, 0.6) is 5.75 Å². The van der Waals surface area contributed by atoms with E-state index >= 15 is 0 Å². The number of carbonyl (C=O) groups excluding carboxylic acids is 1. The Balaban J connectivity index is 2.11. The second-order valence-electron chi connectivity index (χ2n) is 4.35. The number of anilines is 1. The van der Waals surface area contributed by atoms with Crippen LogP contribution in [-0.4, -0.2) is 22.1 Å². The lowest BCUT2D eigenvalue weighted by Gasteiger charge is -2.07. The monoisotopic (exact) mass is 235 g/mol. The molecule has 17 heavy (non-hydrogen) atoms.